The maximum atomic E-state index is 14.4. The van der Waals surface area contributed by atoms with E-state index in [-0.39, 0.29) is 141 Å². The number of thiazole rings is 1. The molecule has 6 atom stereocenters. The van der Waals surface area contributed by atoms with Crippen LogP contribution in [0.15, 0.2) is 23.6 Å². The first kappa shape index (κ1) is 73.5. The molecule has 0 unspecified atom stereocenters. The van der Waals surface area contributed by atoms with Crippen molar-refractivity contribution < 1.29 is 81.5 Å². The molecule has 82 heavy (non-hydrogen) atoms. The minimum absolute atomic E-state index is 0.0140. The van der Waals surface area contributed by atoms with Crippen LogP contribution in [0, 0.1) is 29.6 Å². The molecule has 1 saturated heterocycles. The number of Topliss-reactive ketones (excluding diaryl/α,β-unsaturated/α-hetero) is 2. The molecule has 456 valence electrons. The number of carbonyl (C=O) groups excluding carboxylic acids is 11. The van der Waals surface area contributed by atoms with Gasteiger partial charge in [-0.1, -0.05) is 59.9 Å². The van der Waals surface area contributed by atoms with E-state index in [1.54, 1.807) is 29.5 Å². The summed E-state index contributed by atoms with van der Waals surface area (Å²) in [6.07, 6.45) is 5.99. The zero-order valence-electron chi connectivity index (χ0n) is 49.1. The third kappa shape index (κ3) is 30.0. The van der Waals surface area contributed by atoms with Crippen LogP contribution in [0.5, 0.6) is 5.75 Å². The molecule has 0 radical (unpaired) electrons. The molecule has 3 rings (SSSR count). The van der Waals surface area contributed by atoms with Crippen molar-refractivity contribution in [3.8, 4) is 17.6 Å². The number of piperidine rings is 1. The number of ether oxygens (including phenoxy) is 5. The number of likely N-dealkylation sites (tertiary alicyclic amines) is 1. The fourth-order valence-electron chi connectivity index (χ4n) is 8.91. The highest BCUT2D eigenvalue weighted by atomic mass is 32.1. The number of nitrogens with one attached hydrogen (secondary N) is 3. The fourth-order valence-corrected chi connectivity index (χ4v) is 9.75. The van der Waals surface area contributed by atoms with E-state index in [1.807, 2.05) is 48.6 Å². The molecule has 0 spiro atoms. The number of phenolic OH excluding ortho intramolecular Hbond substituents is 1. The predicted molar refractivity (Wildman–Crippen MR) is 301 cm³/mol. The number of aromatic nitrogens is 1. The predicted octanol–water partition coefficient (Wildman–Crippen LogP) is 5.29. The molecule has 4 amide bonds. The summed E-state index contributed by atoms with van der Waals surface area (Å²) in [5, 5.41) is 21.0. The van der Waals surface area contributed by atoms with Gasteiger partial charge in [-0.25, -0.2) is 4.98 Å². The van der Waals surface area contributed by atoms with Gasteiger partial charge in [0.15, 0.2) is 11.9 Å². The number of ketones is 2. The number of anilines is 1. The number of amides is 4. The lowest BCUT2D eigenvalue weighted by Crippen LogP contribution is -2.48. The SMILES string of the molecule is CCC[C@H](Cc1ccc(O)c(NC(=O)CCOCCOCCCC(=O)C#CC(=O)NCCOCCOCC)c1)NC(=O)c1csc([C@@H](C[C@H](C(C)C)N(C)C(=O)[C@@H](CC(=O)[C@H]2CCCCN2C)[C@@H](C)CC)OC(C)=O)n1.O=C=O.O=C=O. The monoisotopic (exact) mass is 1170 g/mol. The molecule has 0 bridgehead atoms. The van der Waals surface area contributed by atoms with E-state index in [9.17, 15) is 38.7 Å². The van der Waals surface area contributed by atoms with Gasteiger partial charge in [0.2, 0.25) is 17.6 Å². The van der Waals surface area contributed by atoms with E-state index in [2.05, 4.69) is 37.7 Å². The van der Waals surface area contributed by atoms with Crippen molar-refractivity contribution in [2.24, 2.45) is 17.8 Å². The number of likely N-dealkylation sites (N-methyl/N-ethyl adjacent to an activating group) is 1. The number of phenols is 1. The van der Waals surface area contributed by atoms with E-state index in [0.29, 0.717) is 50.7 Å². The van der Waals surface area contributed by atoms with Crippen LogP contribution in [-0.2, 0) is 78.1 Å². The summed E-state index contributed by atoms with van der Waals surface area (Å²) >= 11 is 1.20. The number of carbonyl (C=O) groups is 7. The Bertz CT molecular complexity index is 2400. The smallest absolute Gasteiger partial charge is 0.373 e. The fraction of sp³-hybridized carbons (Fsp3) is 0.655. The standard InChI is InChI=1S/C56H86N6O13S.2CO2/c1-10-16-42(33-41-19-21-49(65)45(34-41)59-53(68)23-27-73-32-31-72-26-15-17-43(64)20-22-52(67)57-24-28-74-30-29-71-12-3)58-54(69)46-37-76-55(60-46)51(75-40(7)63)36-48(38(4)5)62(9)56(70)44(39(6)11-2)35-50(66)47-18-13-14-25-61(47)8;2*2-1-3/h19,21,34,37-39,42,44,47-48,51,65H,10-18,23-33,35-36H2,1-9H3,(H,57,67)(H,58,69)(H,59,68);;/t39-,42+,44-,47+,48+,51+;;/m0../s1. The van der Waals surface area contributed by atoms with Gasteiger partial charge in [-0.2, -0.15) is 19.2 Å². The van der Waals surface area contributed by atoms with E-state index < -0.39 is 29.8 Å². The van der Waals surface area contributed by atoms with Crippen LogP contribution in [-0.4, -0.2) is 172 Å². The molecule has 2 heterocycles. The molecular formula is C58H86N6O17S. The largest absolute Gasteiger partial charge is 0.506 e. The number of aromatic hydroxyl groups is 1. The van der Waals surface area contributed by atoms with Crippen LogP contribution in [0.1, 0.15) is 146 Å². The van der Waals surface area contributed by atoms with Crippen molar-refractivity contribution in [3.05, 3.63) is 39.8 Å². The average Bonchev–Trinajstić information content (AvgIpc) is 4.03. The summed E-state index contributed by atoms with van der Waals surface area (Å²) < 4.78 is 27.4. The maximum Gasteiger partial charge on any atom is 0.373 e. The molecular weight excluding hydrogens is 1080 g/mol. The van der Waals surface area contributed by atoms with Crippen LogP contribution in [0.4, 0.5) is 5.69 Å². The lowest BCUT2D eigenvalue weighted by Gasteiger charge is -2.37. The summed E-state index contributed by atoms with van der Waals surface area (Å²) in [4.78, 5) is 132. The van der Waals surface area contributed by atoms with Crippen LogP contribution >= 0.6 is 11.3 Å². The van der Waals surface area contributed by atoms with Gasteiger partial charge in [0.25, 0.3) is 11.8 Å². The van der Waals surface area contributed by atoms with Gasteiger partial charge >= 0.3 is 18.3 Å². The Morgan fingerprint density at radius 1 is 0.878 bits per heavy atom. The first-order valence-electron chi connectivity index (χ1n) is 27.9. The first-order valence-corrected chi connectivity index (χ1v) is 28.8. The van der Waals surface area contributed by atoms with Crippen LogP contribution in [0.3, 0.4) is 0 Å². The van der Waals surface area contributed by atoms with Gasteiger partial charge in [0, 0.05) is 82.3 Å². The molecule has 1 aromatic carbocycles. The van der Waals surface area contributed by atoms with E-state index in [0.717, 1.165) is 44.2 Å². The molecule has 1 aliphatic rings. The van der Waals surface area contributed by atoms with E-state index in [4.69, 9.17) is 42.9 Å². The first-order chi connectivity index (χ1) is 39.2. The summed E-state index contributed by atoms with van der Waals surface area (Å²) in [6, 6.07) is 3.99. The molecule has 4 N–H and O–H groups in total. The maximum absolute atomic E-state index is 14.4. The molecule has 1 aliphatic heterocycles. The van der Waals surface area contributed by atoms with Gasteiger partial charge in [-0.3, -0.25) is 38.5 Å². The third-order valence-corrected chi connectivity index (χ3v) is 14.3. The second kappa shape index (κ2) is 43.2. The van der Waals surface area contributed by atoms with Crippen molar-refractivity contribution in [3.63, 3.8) is 0 Å². The van der Waals surface area contributed by atoms with Crippen LogP contribution in [0.2, 0.25) is 0 Å². The lowest BCUT2D eigenvalue weighted by atomic mass is 9.83. The highest BCUT2D eigenvalue weighted by Gasteiger charge is 2.38. The Labute approximate surface area is 486 Å². The summed E-state index contributed by atoms with van der Waals surface area (Å²) in [5.41, 5.74) is 1.14. The Morgan fingerprint density at radius 2 is 1.54 bits per heavy atom. The molecule has 24 heteroatoms. The van der Waals surface area contributed by atoms with E-state index >= 15 is 0 Å². The average molecular weight is 1170 g/mol. The lowest BCUT2D eigenvalue weighted by molar-refractivity contribution is -0.193. The second-order valence-electron chi connectivity index (χ2n) is 19.9. The zero-order chi connectivity index (χ0) is 61.4. The molecule has 0 aliphatic carbocycles. The van der Waals surface area contributed by atoms with Gasteiger partial charge in [-0.05, 0) is 88.1 Å². The Kier molecular flexibility index (Phi) is 38.7. The van der Waals surface area contributed by atoms with Crippen molar-refractivity contribution in [2.75, 3.05) is 85.4 Å². The van der Waals surface area contributed by atoms with Gasteiger partial charge in [-0.15, -0.1) is 11.3 Å². The topological polar surface area (TPSA) is 310 Å². The highest BCUT2D eigenvalue weighted by Crippen LogP contribution is 2.33. The van der Waals surface area contributed by atoms with Gasteiger partial charge in [0.1, 0.15) is 16.5 Å². The number of rotatable bonds is 36. The molecule has 0 saturated carbocycles. The number of nitrogens with zero attached hydrogens (tertiary/aromatic N) is 3. The van der Waals surface area contributed by atoms with Crippen molar-refractivity contribution in [1.82, 2.24) is 25.4 Å². The number of esters is 1. The normalized spacial score (nSPS) is 14.6. The highest BCUT2D eigenvalue weighted by molar-refractivity contribution is 7.09. The van der Waals surface area contributed by atoms with E-state index in [1.165, 1.54) is 24.3 Å². The number of hydrogen-bond donors (Lipinski definition) is 4. The quantitative estimate of drug-likeness (QED) is 0.0221. The Hall–Kier alpha value is -6.54. The van der Waals surface area contributed by atoms with Gasteiger partial charge in [0.05, 0.1) is 57.8 Å². The van der Waals surface area contributed by atoms with Crippen LogP contribution < -0.4 is 16.0 Å². The number of hydrogen-bond acceptors (Lipinski definition) is 20. The summed E-state index contributed by atoms with van der Waals surface area (Å²) in [5.74, 6) is 1.66. The minimum Gasteiger partial charge on any atom is -0.506 e. The Morgan fingerprint density at radius 3 is 2.16 bits per heavy atom. The number of benzene rings is 1. The molecule has 23 nitrogen and oxygen atoms in total. The van der Waals surface area contributed by atoms with Crippen molar-refractivity contribution in [1.29, 1.82) is 0 Å². The van der Waals surface area contributed by atoms with Gasteiger partial charge < -0.3 is 49.6 Å². The molecule has 1 aromatic heterocycles. The Balaban J connectivity index is 0.00000535. The summed E-state index contributed by atoms with van der Waals surface area (Å²) in [6.45, 7) is 17.1. The summed E-state index contributed by atoms with van der Waals surface area (Å²) in [7, 11) is 3.73. The third-order valence-electron chi connectivity index (χ3n) is 13.4. The van der Waals surface area contributed by atoms with Crippen molar-refractivity contribution >= 4 is 70.5 Å². The second-order valence-corrected chi connectivity index (χ2v) is 20.8. The van der Waals surface area contributed by atoms with Crippen LogP contribution in [0.25, 0.3) is 0 Å². The molecule has 2 aromatic rings. The van der Waals surface area contributed by atoms with Crippen molar-refractivity contribution in [2.45, 2.75) is 150 Å². The zero-order valence-corrected chi connectivity index (χ0v) is 50.0. The minimum atomic E-state index is -0.839. The molecule has 1 fully saturated rings.